The molecule has 0 saturated heterocycles. The van der Waals surface area contributed by atoms with Crippen molar-refractivity contribution in [2.45, 2.75) is 6.92 Å². The fourth-order valence-electron chi connectivity index (χ4n) is 0.796. The predicted molar refractivity (Wildman–Crippen MR) is 51.9 cm³/mol. The molecule has 0 radical (unpaired) electrons. The van der Waals surface area contributed by atoms with E-state index >= 15 is 0 Å². The van der Waals surface area contributed by atoms with Crippen molar-refractivity contribution in [1.29, 1.82) is 0 Å². The number of anilines is 1. The third-order valence-corrected chi connectivity index (χ3v) is 2.36. The van der Waals surface area contributed by atoms with Gasteiger partial charge in [-0.05, 0) is 18.5 Å². The van der Waals surface area contributed by atoms with Crippen LogP contribution in [0.15, 0.2) is 4.52 Å². The van der Waals surface area contributed by atoms with E-state index in [1.54, 1.807) is 6.92 Å². The topological polar surface area (TPSA) is 93.8 Å². The van der Waals surface area contributed by atoms with Crippen LogP contribution in [0.1, 0.15) is 15.6 Å². The van der Waals surface area contributed by atoms with Crippen molar-refractivity contribution in [2.75, 3.05) is 5.32 Å². The van der Waals surface area contributed by atoms with Gasteiger partial charge in [-0.1, -0.05) is 16.5 Å². The summed E-state index contributed by atoms with van der Waals surface area (Å²) in [5, 5.41) is 13.1. The molecular formula is C6H4ClN5O2S. The molecule has 0 unspecified atom stereocenters. The summed E-state index contributed by atoms with van der Waals surface area (Å²) in [4.78, 5) is 15.2. The van der Waals surface area contributed by atoms with Gasteiger partial charge in [-0.2, -0.15) is 4.98 Å². The third-order valence-electron chi connectivity index (χ3n) is 1.34. The first-order valence-corrected chi connectivity index (χ1v) is 4.95. The van der Waals surface area contributed by atoms with Gasteiger partial charge < -0.3 is 4.52 Å². The van der Waals surface area contributed by atoms with Crippen LogP contribution in [0.3, 0.4) is 0 Å². The van der Waals surface area contributed by atoms with Crippen LogP contribution >= 0.6 is 22.9 Å². The largest absolute Gasteiger partial charge is 0.328 e. The van der Waals surface area contributed by atoms with Gasteiger partial charge in [-0.25, -0.2) is 0 Å². The van der Waals surface area contributed by atoms with Crippen molar-refractivity contribution in [2.24, 2.45) is 0 Å². The molecule has 9 heteroatoms. The van der Waals surface area contributed by atoms with Crippen LogP contribution in [0.5, 0.6) is 0 Å². The zero-order chi connectivity index (χ0) is 10.8. The van der Waals surface area contributed by atoms with Gasteiger partial charge in [-0.15, -0.1) is 10.2 Å². The average molecular weight is 246 g/mol. The molecule has 1 N–H and O–H groups in total. The smallest absolute Gasteiger partial charge is 0.315 e. The number of amides is 1. The second kappa shape index (κ2) is 3.91. The Bertz CT molecular complexity index is 495. The number of aryl methyl sites for hydroxylation is 1. The van der Waals surface area contributed by atoms with Crippen LogP contribution in [0.2, 0.25) is 4.47 Å². The summed E-state index contributed by atoms with van der Waals surface area (Å²) in [7, 11) is 0. The van der Waals surface area contributed by atoms with E-state index in [1.165, 1.54) is 0 Å². The van der Waals surface area contributed by atoms with E-state index < -0.39 is 5.91 Å². The Labute approximate surface area is 92.5 Å². The lowest BCUT2D eigenvalue weighted by Gasteiger charge is -1.92. The minimum atomic E-state index is -0.483. The lowest BCUT2D eigenvalue weighted by molar-refractivity contribution is 0.102. The molecule has 15 heavy (non-hydrogen) atoms. The molecule has 7 nitrogen and oxygen atoms in total. The molecule has 0 aromatic carbocycles. The summed E-state index contributed by atoms with van der Waals surface area (Å²) in [6.45, 7) is 1.64. The Kier molecular flexibility index (Phi) is 2.60. The molecule has 1 amide bonds. The second-order valence-electron chi connectivity index (χ2n) is 2.46. The molecule has 0 saturated carbocycles. The zero-order valence-corrected chi connectivity index (χ0v) is 8.96. The quantitative estimate of drug-likeness (QED) is 0.853. The van der Waals surface area contributed by atoms with Gasteiger partial charge in [0.05, 0.1) is 0 Å². The Morgan fingerprint density at radius 2 is 2.33 bits per heavy atom. The molecule has 2 aromatic rings. The van der Waals surface area contributed by atoms with E-state index in [4.69, 9.17) is 16.1 Å². The molecule has 0 bridgehead atoms. The Hall–Kier alpha value is -1.54. The van der Waals surface area contributed by atoms with Crippen molar-refractivity contribution in [1.82, 2.24) is 20.3 Å². The molecule has 2 aromatic heterocycles. The zero-order valence-electron chi connectivity index (χ0n) is 7.39. The number of hydrogen-bond donors (Lipinski definition) is 1. The third kappa shape index (κ3) is 2.28. The first-order valence-electron chi connectivity index (χ1n) is 3.76. The van der Waals surface area contributed by atoms with Crippen molar-refractivity contribution in [3.05, 3.63) is 15.3 Å². The molecule has 2 rings (SSSR count). The Morgan fingerprint density at radius 1 is 1.53 bits per heavy atom. The number of rotatable bonds is 2. The van der Waals surface area contributed by atoms with Crippen LogP contribution in [0, 0.1) is 6.92 Å². The number of nitrogens with zero attached hydrogens (tertiary/aromatic N) is 4. The van der Waals surface area contributed by atoms with Gasteiger partial charge in [0, 0.05) is 0 Å². The summed E-state index contributed by atoms with van der Waals surface area (Å²) >= 11 is 6.49. The van der Waals surface area contributed by atoms with Gasteiger partial charge in [0.15, 0.2) is 5.82 Å². The average Bonchev–Trinajstić information content (AvgIpc) is 2.75. The predicted octanol–water partition coefficient (Wildman–Crippen LogP) is 1.14. The first-order chi connectivity index (χ1) is 7.15. The normalized spacial score (nSPS) is 10.3. The Morgan fingerprint density at radius 3 is 2.87 bits per heavy atom. The van der Waals surface area contributed by atoms with Crippen LogP contribution in [-0.2, 0) is 0 Å². The summed E-state index contributed by atoms with van der Waals surface area (Å²) in [6.07, 6.45) is 0. The molecule has 0 aliphatic rings. The van der Waals surface area contributed by atoms with E-state index in [0.29, 0.717) is 5.82 Å². The number of halogens is 1. The van der Waals surface area contributed by atoms with Crippen LogP contribution < -0.4 is 5.32 Å². The maximum absolute atomic E-state index is 11.4. The van der Waals surface area contributed by atoms with Crippen molar-refractivity contribution < 1.29 is 9.32 Å². The molecular weight excluding hydrogens is 242 g/mol. The minimum absolute atomic E-state index is 0.0174. The van der Waals surface area contributed by atoms with E-state index in [9.17, 15) is 4.79 Å². The van der Waals surface area contributed by atoms with Gasteiger partial charge in [0.1, 0.15) is 0 Å². The van der Waals surface area contributed by atoms with Gasteiger partial charge >= 0.3 is 6.01 Å². The maximum atomic E-state index is 11.4. The number of hydrogen-bond acceptors (Lipinski definition) is 7. The SMILES string of the molecule is Cc1noc(NC(=O)c2nnc(Cl)s2)n1. The van der Waals surface area contributed by atoms with Crippen molar-refractivity contribution in [3.63, 3.8) is 0 Å². The van der Waals surface area contributed by atoms with Crippen LogP contribution in [0.4, 0.5) is 6.01 Å². The fraction of sp³-hybridized carbons (Fsp3) is 0.167. The van der Waals surface area contributed by atoms with E-state index in [0.717, 1.165) is 11.3 Å². The fourth-order valence-corrected chi connectivity index (χ4v) is 1.52. The summed E-state index contributed by atoms with van der Waals surface area (Å²) in [5.41, 5.74) is 0. The lowest BCUT2D eigenvalue weighted by Crippen LogP contribution is -2.11. The molecule has 78 valence electrons. The summed E-state index contributed by atoms with van der Waals surface area (Å²) in [6, 6.07) is 0.0174. The number of carbonyl (C=O) groups is 1. The highest BCUT2D eigenvalue weighted by atomic mass is 35.5. The maximum Gasteiger partial charge on any atom is 0.328 e. The molecule has 0 aliphatic carbocycles. The summed E-state index contributed by atoms with van der Waals surface area (Å²) < 4.78 is 4.89. The Balaban J connectivity index is 2.10. The van der Waals surface area contributed by atoms with E-state index in [2.05, 4.69) is 25.7 Å². The van der Waals surface area contributed by atoms with Gasteiger partial charge in [0.2, 0.25) is 9.47 Å². The van der Waals surface area contributed by atoms with Crippen molar-refractivity contribution in [3.8, 4) is 0 Å². The highest BCUT2D eigenvalue weighted by Gasteiger charge is 2.14. The van der Waals surface area contributed by atoms with E-state index in [-0.39, 0.29) is 15.5 Å². The highest BCUT2D eigenvalue weighted by molar-refractivity contribution is 7.17. The molecule has 0 fully saturated rings. The molecule has 2 heterocycles. The van der Waals surface area contributed by atoms with Crippen LogP contribution in [0.25, 0.3) is 0 Å². The van der Waals surface area contributed by atoms with E-state index in [1.807, 2.05) is 0 Å². The van der Waals surface area contributed by atoms with Gasteiger partial charge in [0.25, 0.3) is 5.91 Å². The minimum Gasteiger partial charge on any atom is -0.315 e. The first kappa shape index (κ1) is 9.99. The number of carbonyl (C=O) groups excluding carboxylic acids is 1. The standard InChI is InChI=1S/C6H4ClN5O2S/c1-2-8-6(14-12-2)9-3(13)4-10-11-5(7)15-4/h1H3,(H,8,9,12,13). The number of aromatic nitrogens is 4. The van der Waals surface area contributed by atoms with Gasteiger partial charge in [-0.3, -0.25) is 10.1 Å². The van der Waals surface area contributed by atoms with Crippen molar-refractivity contribution >= 4 is 34.9 Å². The lowest BCUT2D eigenvalue weighted by atomic mass is 10.6. The highest BCUT2D eigenvalue weighted by Crippen LogP contribution is 2.15. The second-order valence-corrected chi connectivity index (χ2v) is 4.02. The molecule has 0 aliphatic heterocycles. The summed E-state index contributed by atoms with van der Waals surface area (Å²) in [5.74, 6) is -0.0522. The number of nitrogens with one attached hydrogen (secondary N) is 1. The van der Waals surface area contributed by atoms with Crippen LogP contribution in [-0.4, -0.2) is 26.2 Å². The molecule has 0 spiro atoms. The molecule has 0 atom stereocenters. The monoisotopic (exact) mass is 245 g/mol.